The zero-order valence-electron chi connectivity index (χ0n) is 12.2. The Kier molecular flexibility index (Phi) is 4.59. The highest BCUT2D eigenvalue weighted by Crippen LogP contribution is 2.43. The van der Waals surface area contributed by atoms with Crippen LogP contribution in [0.3, 0.4) is 0 Å². The molecule has 120 valence electrons. The molecule has 2 atom stereocenters. The minimum Gasteiger partial charge on any atom is -0.389 e. The molecule has 7 heteroatoms. The van der Waals surface area contributed by atoms with Crippen molar-refractivity contribution in [2.75, 3.05) is 0 Å². The van der Waals surface area contributed by atoms with E-state index in [1.165, 1.54) is 0 Å². The van der Waals surface area contributed by atoms with Crippen molar-refractivity contribution in [2.45, 2.75) is 57.2 Å². The Balaban J connectivity index is 2.20. The molecule has 1 aliphatic carbocycles. The Morgan fingerprint density at radius 1 is 1.48 bits per heavy atom. The third-order valence-electron chi connectivity index (χ3n) is 4.28. The van der Waals surface area contributed by atoms with Crippen LogP contribution in [0, 0.1) is 5.92 Å². The molecule has 0 aromatic carbocycles. The van der Waals surface area contributed by atoms with Gasteiger partial charge in [0.2, 0.25) is 0 Å². The van der Waals surface area contributed by atoms with Crippen LogP contribution < -0.4 is 0 Å². The predicted molar refractivity (Wildman–Crippen MR) is 74.3 cm³/mol. The van der Waals surface area contributed by atoms with Crippen LogP contribution in [-0.4, -0.2) is 26.7 Å². The normalized spacial score (nSPS) is 27.1. The van der Waals surface area contributed by atoms with Gasteiger partial charge in [0, 0.05) is 13.5 Å². The largest absolute Gasteiger partial charge is 0.391 e. The predicted octanol–water partition coefficient (Wildman–Crippen LogP) is 3.66. The van der Waals surface area contributed by atoms with Crippen molar-refractivity contribution in [1.82, 2.24) is 9.78 Å². The molecule has 1 heterocycles. The second-order valence-electron chi connectivity index (χ2n) is 5.92. The lowest BCUT2D eigenvalue weighted by Crippen LogP contribution is -2.42. The molecule has 3 nitrogen and oxygen atoms in total. The van der Waals surface area contributed by atoms with Crippen LogP contribution in [0.15, 0.2) is 0 Å². The first-order chi connectivity index (χ1) is 9.66. The summed E-state index contributed by atoms with van der Waals surface area (Å²) in [6.45, 7) is 1.91. The van der Waals surface area contributed by atoms with E-state index < -0.39 is 17.7 Å². The Morgan fingerprint density at radius 2 is 2.14 bits per heavy atom. The third-order valence-corrected chi connectivity index (χ3v) is 4.72. The highest BCUT2D eigenvalue weighted by Gasteiger charge is 2.47. The van der Waals surface area contributed by atoms with Gasteiger partial charge in [-0.15, -0.1) is 0 Å². The zero-order valence-corrected chi connectivity index (χ0v) is 12.9. The molecule has 1 fully saturated rings. The maximum atomic E-state index is 12.9. The molecule has 1 saturated carbocycles. The van der Waals surface area contributed by atoms with Gasteiger partial charge in [-0.1, -0.05) is 18.5 Å². The van der Waals surface area contributed by atoms with Gasteiger partial charge in [0.25, 0.3) is 0 Å². The molecule has 1 N–H and O–H groups in total. The second-order valence-corrected chi connectivity index (χ2v) is 6.30. The lowest BCUT2D eigenvalue weighted by molar-refractivity contribution is -0.200. The average molecular weight is 325 g/mol. The number of aliphatic hydroxyl groups is 1. The summed E-state index contributed by atoms with van der Waals surface area (Å²) in [6, 6.07) is 0. The Hall–Kier alpha value is -0.750. The van der Waals surface area contributed by atoms with Gasteiger partial charge in [-0.3, -0.25) is 4.68 Å². The number of aryl methyl sites for hydroxylation is 2. The molecule has 0 radical (unpaired) electrons. The van der Waals surface area contributed by atoms with E-state index in [4.69, 9.17) is 11.6 Å². The fourth-order valence-corrected chi connectivity index (χ4v) is 3.46. The average Bonchev–Trinajstić information content (AvgIpc) is 2.65. The van der Waals surface area contributed by atoms with Gasteiger partial charge < -0.3 is 5.11 Å². The maximum Gasteiger partial charge on any atom is 0.391 e. The van der Waals surface area contributed by atoms with E-state index >= 15 is 0 Å². The lowest BCUT2D eigenvalue weighted by atomic mass is 9.75. The first-order valence-electron chi connectivity index (χ1n) is 7.15. The molecule has 0 aliphatic heterocycles. The SMILES string of the molecule is CCc1nn(C)c(CC2(O)CCCC(C(F)(F)F)C2)c1Cl. The van der Waals surface area contributed by atoms with Crippen molar-refractivity contribution < 1.29 is 18.3 Å². The summed E-state index contributed by atoms with van der Waals surface area (Å²) < 4.78 is 40.2. The Morgan fingerprint density at radius 3 is 2.67 bits per heavy atom. The summed E-state index contributed by atoms with van der Waals surface area (Å²) in [5.41, 5.74) is -0.0410. The van der Waals surface area contributed by atoms with Gasteiger partial charge in [-0.25, -0.2) is 0 Å². The summed E-state index contributed by atoms with van der Waals surface area (Å²) in [5, 5.41) is 15.3. The van der Waals surface area contributed by atoms with Crippen molar-refractivity contribution in [3.63, 3.8) is 0 Å². The second kappa shape index (κ2) is 5.80. The first kappa shape index (κ1) is 16.6. The highest BCUT2D eigenvalue weighted by atomic mass is 35.5. The fraction of sp³-hybridized carbons (Fsp3) is 0.786. The third kappa shape index (κ3) is 3.54. The molecule has 1 aliphatic rings. The van der Waals surface area contributed by atoms with Crippen LogP contribution in [0.25, 0.3) is 0 Å². The van der Waals surface area contributed by atoms with E-state index in [0.29, 0.717) is 35.7 Å². The molecule has 21 heavy (non-hydrogen) atoms. The topological polar surface area (TPSA) is 38.0 Å². The van der Waals surface area contributed by atoms with E-state index in [1.54, 1.807) is 11.7 Å². The fourth-order valence-electron chi connectivity index (χ4n) is 3.10. The van der Waals surface area contributed by atoms with Gasteiger partial charge in [-0.2, -0.15) is 18.3 Å². The lowest BCUT2D eigenvalue weighted by Gasteiger charge is -2.37. The van der Waals surface area contributed by atoms with Crippen LogP contribution in [0.2, 0.25) is 5.02 Å². The van der Waals surface area contributed by atoms with E-state index in [2.05, 4.69) is 5.10 Å². The van der Waals surface area contributed by atoms with Crippen LogP contribution in [0.1, 0.15) is 44.0 Å². The van der Waals surface area contributed by atoms with Gasteiger partial charge in [0.1, 0.15) is 0 Å². The van der Waals surface area contributed by atoms with E-state index in [-0.39, 0.29) is 19.3 Å². The minimum absolute atomic E-state index is 0.0884. The monoisotopic (exact) mass is 324 g/mol. The molecule has 0 amide bonds. The van der Waals surface area contributed by atoms with Crippen LogP contribution in [0.5, 0.6) is 0 Å². The molecular formula is C14H20ClF3N2O. The summed E-state index contributed by atoms with van der Waals surface area (Å²) in [6.07, 6.45) is -2.93. The number of rotatable bonds is 3. The number of hydrogen-bond donors (Lipinski definition) is 1. The van der Waals surface area contributed by atoms with Crippen molar-refractivity contribution in [3.05, 3.63) is 16.4 Å². The van der Waals surface area contributed by atoms with Gasteiger partial charge in [-0.05, 0) is 32.1 Å². The Bertz CT molecular complexity index is 515. The molecule has 0 bridgehead atoms. The number of aromatic nitrogens is 2. The minimum atomic E-state index is -4.25. The van der Waals surface area contributed by atoms with Crippen molar-refractivity contribution in [2.24, 2.45) is 13.0 Å². The summed E-state index contributed by atoms with van der Waals surface area (Å²) in [4.78, 5) is 0. The summed E-state index contributed by atoms with van der Waals surface area (Å²) in [5.74, 6) is -1.44. The van der Waals surface area contributed by atoms with E-state index in [0.717, 1.165) is 0 Å². The van der Waals surface area contributed by atoms with Crippen molar-refractivity contribution in [1.29, 1.82) is 0 Å². The molecule has 2 rings (SSSR count). The standard InChI is InChI=1S/C14H20ClF3N2O/c1-3-10-12(15)11(20(2)19-10)8-13(21)6-4-5-9(7-13)14(16,17)18/h9,21H,3-8H2,1-2H3. The quantitative estimate of drug-likeness (QED) is 0.921. The Labute approximate surface area is 127 Å². The van der Waals surface area contributed by atoms with Crippen LogP contribution in [0.4, 0.5) is 13.2 Å². The number of nitrogens with zero attached hydrogens (tertiary/aromatic N) is 2. The molecule has 0 spiro atoms. The van der Waals surface area contributed by atoms with E-state index in [9.17, 15) is 18.3 Å². The number of alkyl halides is 3. The van der Waals surface area contributed by atoms with Gasteiger partial charge in [0.15, 0.2) is 0 Å². The highest BCUT2D eigenvalue weighted by molar-refractivity contribution is 6.31. The molecule has 0 saturated heterocycles. The maximum absolute atomic E-state index is 12.9. The van der Waals surface area contributed by atoms with Crippen LogP contribution >= 0.6 is 11.6 Å². The molecular weight excluding hydrogens is 305 g/mol. The molecule has 2 unspecified atom stereocenters. The van der Waals surface area contributed by atoms with E-state index in [1.807, 2.05) is 6.92 Å². The van der Waals surface area contributed by atoms with Crippen molar-refractivity contribution >= 4 is 11.6 Å². The smallest absolute Gasteiger partial charge is 0.389 e. The molecule has 1 aromatic rings. The summed E-state index contributed by atoms with van der Waals surface area (Å²) in [7, 11) is 1.70. The number of halogens is 4. The van der Waals surface area contributed by atoms with Crippen molar-refractivity contribution in [3.8, 4) is 0 Å². The van der Waals surface area contributed by atoms with Crippen LogP contribution in [-0.2, 0) is 19.9 Å². The first-order valence-corrected chi connectivity index (χ1v) is 7.53. The zero-order chi connectivity index (χ0) is 15.8. The summed E-state index contributed by atoms with van der Waals surface area (Å²) >= 11 is 6.22. The number of hydrogen-bond acceptors (Lipinski definition) is 2. The molecule has 1 aromatic heterocycles. The van der Waals surface area contributed by atoms with Gasteiger partial charge in [0.05, 0.1) is 27.9 Å². The van der Waals surface area contributed by atoms with Gasteiger partial charge >= 0.3 is 6.18 Å².